The van der Waals surface area contributed by atoms with E-state index in [1.54, 1.807) is 37.3 Å². The van der Waals surface area contributed by atoms with Gasteiger partial charge in [-0.2, -0.15) is 18.2 Å². The Balaban J connectivity index is 2.42. The molecule has 23 heavy (non-hydrogen) atoms. The molecule has 0 spiro atoms. The number of hydrogen-bond acceptors (Lipinski definition) is 5. The van der Waals surface area contributed by atoms with E-state index >= 15 is 0 Å². The molecule has 1 aromatic heterocycles. The van der Waals surface area contributed by atoms with Crippen LogP contribution in [0.15, 0.2) is 36.4 Å². The van der Waals surface area contributed by atoms with Crippen molar-refractivity contribution in [2.45, 2.75) is 20.0 Å². The highest BCUT2D eigenvalue weighted by Gasteiger charge is 2.36. The van der Waals surface area contributed by atoms with Gasteiger partial charge >= 0.3 is 6.18 Å². The molecule has 1 atom stereocenters. The molecule has 1 aromatic carbocycles. The summed E-state index contributed by atoms with van der Waals surface area (Å²) in [5.41, 5.74) is 0.133. The van der Waals surface area contributed by atoms with Gasteiger partial charge in [0.05, 0.1) is 6.61 Å². The van der Waals surface area contributed by atoms with Crippen molar-refractivity contribution in [3.63, 3.8) is 0 Å². The van der Waals surface area contributed by atoms with E-state index in [1.165, 1.54) is 13.0 Å². The lowest BCUT2D eigenvalue weighted by Gasteiger charge is -2.22. The number of aromatic nitrogens is 2. The average Bonchev–Trinajstić information content (AvgIpc) is 2.47. The molecule has 0 fully saturated rings. The fraction of sp³-hybridized carbons (Fsp3) is 0.286. The number of alkyl halides is 3. The second-order valence-electron chi connectivity index (χ2n) is 4.51. The largest absolute Gasteiger partial charge is 0.451 e. The molecule has 124 valence electrons. The van der Waals surface area contributed by atoms with Crippen LogP contribution in [0.3, 0.4) is 0 Å². The molecule has 1 unspecified atom stereocenters. The van der Waals surface area contributed by atoms with Gasteiger partial charge in [-0.15, -0.1) is 0 Å². The lowest BCUT2D eigenvalue weighted by molar-refractivity contribution is -0.145. The zero-order chi connectivity index (χ0) is 17.1. The number of nitrogens with zero attached hydrogens (tertiary/aromatic N) is 2. The molecule has 0 amide bonds. The third-order valence-electron chi connectivity index (χ3n) is 2.67. The molecular weight excluding hydrogens is 348 g/mol. The zero-order valence-electron chi connectivity index (χ0n) is 12.4. The van der Waals surface area contributed by atoms with E-state index < -0.39 is 18.5 Å². The van der Waals surface area contributed by atoms with Gasteiger partial charge < -0.3 is 9.05 Å². The molecule has 0 saturated carbocycles. The first kappa shape index (κ1) is 17.8. The Kier molecular flexibility index (Phi) is 5.39. The summed E-state index contributed by atoms with van der Waals surface area (Å²) in [5.74, 6) is -1.51. The van der Waals surface area contributed by atoms with Gasteiger partial charge in [-0.3, -0.25) is 0 Å². The van der Waals surface area contributed by atoms with E-state index in [0.717, 1.165) is 0 Å². The molecule has 4 nitrogen and oxygen atoms in total. The first-order valence-corrected chi connectivity index (χ1v) is 9.31. The summed E-state index contributed by atoms with van der Waals surface area (Å²) >= 11 is 5.45. The summed E-state index contributed by atoms with van der Waals surface area (Å²) in [4.78, 5) is 6.80. The van der Waals surface area contributed by atoms with Crippen molar-refractivity contribution in [3.8, 4) is 5.88 Å². The molecule has 0 saturated heterocycles. The molecule has 0 aliphatic rings. The van der Waals surface area contributed by atoms with Crippen molar-refractivity contribution in [2.75, 3.05) is 6.61 Å². The summed E-state index contributed by atoms with van der Waals surface area (Å²) in [5, 5.41) is 0.599. The van der Waals surface area contributed by atoms with Crippen LogP contribution in [0.25, 0.3) is 0 Å². The average molecular weight is 362 g/mol. The molecule has 2 rings (SSSR count). The number of rotatable bonds is 5. The molecule has 9 heteroatoms. The zero-order valence-corrected chi connectivity index (χ0v) is 14.1. The molecular formula is C14H14F3N2O2PS. The lowest BCUT2D eigenvalue weighted by atomic mass is 10.4. The highest BCUT2D eigenvalue weighted by molar-refractivity contribution is 8.13. The van der Waals surface area contributed by atoms with Crippen LogP contribution in [0.2, 0.25) is 0 Å². The van der Waals surface area contributed by atoms with Crippen molar-refractivity contribution in [1.29, 1.82) is 0 Å². The molecule has 0 radical (unpaired) electrons. The van der Waals surface area contributed by atoms with Gasteiger partial charge in [-0.05, 0) is 37.8 Å². The molecule has 0 aliphatic carbocycles. The normalized spacial score (nSPS) is 14.3. The van der Waals surface area contributed by atoms with Crippen LogP contribution in [0.4, 0.5) is 13.2 Å². The summed E-state index contributed by atoms with van der Waals surface area (Å²) in [6.07, 6.45) is -4.66. The Labute approximate surface area is 136 Å². The predicted octanol–water partition coefficient (Wildman–Crippen LogP) is 3.85. The second kappa shape index (κ2) is 6.95. The standard InChI is InChI=1S/C14H14F3N2O2PS/c1-3-20-22(23,11-7-5-4-6-8-11)21-12-9-10(2)18-13(19-12)14(15,16)17/h4-9H,3H2,1-2H3. The van der Waals surface area contributed by atoms with E-state index in [0.29, 0.717) is 5.30 Å². The van der Waals surface area contributed by atoms with Gasteiger partial charge in [0.1, 0.15) is 0 Å². The quantitative estimate of drug-likeness (QED) is 0.756. The third kappa shape index (κ3) is 4.50. The number of halogens is 3. The van der Waals surface area contributed by atoms with E-state index in [4.69, 9.17) is 20.9 Å². The maximum Gasteiger partial charge on any atom is 0.451 e. The minimum Gasteiger partial charge on any atom is -0.422 e. The summed E-state index contributed by atoms with van der Waals surface area (Å²) in [6, 6.07) is 10.0. The van der Waals surface area contributed by atoms with Crippen LogP contribution in [0.5, 0.6) is 5.88 Å². The summed E-state index contributed by atoms with van der Waals surface area (Å²) in [6.45, 7) is 0.419. The van der Waals surface area contributed by atoms with E-state index in [2.05, 4.69) is 9.97 Å². The van der Waals surface area contributed by atoms with Gasteiger partial charge in [0, 0.05) is 17.1 Å². The van der Waals surface area contributed by atoms with Crippen LogP contribution in [0, 0.1) is 6.92 Å². The van der Waals surface area contributed by atoms with Gasteiger partial charge in [0.15, 0.2) is 0 Å². The number of hydrogen-bond donors (Lipinski definition) is 0. The van der Waals surface area contributed by atoms with Gasteiger partial charge in [-0.25, -0.2) is 4.98 Å². The number of benzene rings is 1. The first-order chi connectivity index (χ1) is 10.7. The summed E-state index contributed by atoms with van der Waals surface area (Å²) < 4.78 is 49.6. The van der Waals surface area contributed by atoms with E-state index in [-0.39, 0.29) is 18.2 Å². The predicted molar refractivity (Wildman–Crippen MR) is 84.4 cm³/mol. The molecule has 0 N–H and O–H groups in total. The molecule has 0 aliphatic heterocycles. The van der Waals surface area contributed by atoms with Gasteiger partial charge in [0.2, 0.25) is 11.7 Å². The lowest BCUT2D eigenvalue weighted by Crippen LogP contribution is -2.15. The topological polar surface area (TPSA) is 44.2 Å². The molecule has 0 bridgehead atoms. The number of aryl methyl sites for hydroxylation is 1. The SMILES string of the molecule is CCOP(=S)(Oc1cc(C)nc(C(F)(F)F)n1)c1ccccc1. The fourth-order valence-corrected chi connectivity index (χ4v) is 4.21. The first-order valence-electron chi connectivity index (χ1n) is 6.67. The van der Waals surface area contributed by atoms with Gasteiger partial charge in [0.25, 0.3) is 6.49 Å². The Morgan fingerprint density at radius 1 is 1.17 bits per heavy atom. The van der Waals surface area contributed by atoms with Crippen LogP contribution in [0.1, 0.15) is 18.4 Å². The maximum atomic E-state index is 12.8. The van der Waals surface area contributed by atoms with E-state index in [9.17, 15) is 13.2 Å². The highest BCUT2D eigenvalue weighted by atomic mass is 32.5. The molecule has 1 heterocycles. The van der Waals surface area contributed by atoms with Crippen molar-refractivity contribution in [1.82, 2.24) is 9.97 Å². The monoisotopic (exact) mass is 362 g/mol. The van der Waals surface area contributed by atoms with Crippen LogP contribution >= 0.6 is 6.49 Å². The highest BCUT2D eigenvalue weighted by Crippen LogP contribution is 2.47. The van der Waals surface area contributed by atoms with Crippen molar-refractivity contribution >= 4 is 23.6 Å². The Morgan fingerprint density at radius 2 is 1.83 bits per heavy atom. The Hall–Kier alpha value is -1.50. The molecule has 2 aromatic rings. The van der Waals surface area contributed by atoms with Crippen LogP contribution < -0.4 is 9.83 Å². The Bertz CT molecular complexity index is 726. The Morgan fingerprint density at radius 3 is 2.39 bits per heavy atom. The second-order valence-corrected chi connectivity index (χ2v) is 7.91. The van der Waals surface area contributed by atoms with Crippen molar-refractivity contribution in [2.24, 2.45) is 0 Å². The van der Waals surface area contributed by atoms with Crippen molar-refractivity contribution in [3.05, 3.63) is 47.9 Å². The van der Waals surface area contributed by atoms with E-state index in [1.807, 2.05) is 0 Å². The smallest absolute Gasteiger partial charge is 0.422 e. The minimum atomic E-state index is -4.66. The van der Waals surface area contributed by atoms with Crippen LogP contribution in [-0.2, 0) is 22.5 Å². The minimum absolute atomic E-state index is 0.133. The fourth-order valence-electron chi connectivity index (χ4n) is 1.77. The van der Waals surface area contributed by atoms with Crippen molar-refractivity contribution < 1.29 is 22.2 Å². The maximum absolute atomic E-state index is 12.8. The van der Waals surface area contributed by atoms with Crippen LogP contribution in [-0.4, -0.2) is 16.6 Å². The third-order valence-corrected chi connectivity index (χ3v) is 5.80. The van der Waals surface area contributed by atoms with Gasteiger partial charge in [-0.1, -0.05) is 18.2 Å². The summed E-state index contributed by atoms with van der Waals surface area (Å²) in [7, 11) is 0.